The van der Waals surface area contributed by atoms with Crippen molar-refractivity contribution in [3.8, 4) is 0 Å². The molecule has 1 aromatic carbocycles. The molecule has 146 valence electrons. The number of likely N-dealkylation sites (tertiary alicyclic amines) is 1. The van der Waals surface area contributed by atoms with Crippen molar-refractivity contribution < 1.29 is 14.3 Å². The Morgan fingerprint density at radius 3 is 2.59 bits per heavy atom. The topological polar surface area (TPSA) is 58.6 Å². The van der Waals surface area contributed by atoms with Gasteiger partial charge >= 0.3 is 0 Å². The first-order chi connectivity index (χ1) is 13.1. The summed E-state index contributed by atoms with van der Waals surface area (Å²) >= 11 is 0. The highest BCUT2D eigenvalue weighted by atomic mass is 16.5. The fourth-order valence-electron chi connectivity index (χ4n) is 5.37. The van der Waals surface area contributed by atoms with E-state index in [-0.39, 0.29) is 17.2 Å². The molecule has 1 N–H and O–H groups in total. The Morgan fingerprint density at radius 2 is 1.89 bits per heavy atom. The Labute approximate surface area is 161 Å². The van der Waals surface area contributed by atoms with Gasteiger partial charge in [0.05, 0.1) is 0 Å². The Balaban J connectivity index is 1.47. The number of benzene rings is 1. The zero-order valence-corrected chi connectivity index (χ0v) is 16.2. The number of fused-ring (bicyclic) bond motifs is 2. The molecular weight excluding hydrogens is 340 g/mol. The Kier molecular flexibility index (Phi) is 5.22. The molecule has 0 radical (unpaired) electrons. The van der Waals surface area contributed by atoms with E-state index in [1.165, 1.54) is 11.1 Å². The van der Waals surface area contributed by atoms with E-state index in [2.05, 4.69) is 34.5 Å². The monoisotopic (exact) mass is 370 g/mol. The van der Waals surface area contributed by atoms with E-state index in [0.717, 1.165) is 45.2 Å². The molecule has 0 saturated carbocycles. The predicted molar refractivity (Wildman–Crippen MR) is 104 cm³/mol. The van der Waals surface area contributed by atoms with Crippen LogP contribution in [0.25, 0.3) is 0 Å². The third kappa shape index (κ3) is 3.49. The van der Waals surface area contributed by atoms with Gasteiger partial charge in [0, 0.05) is 45.7 Å². The fourth-order valence-corrected chi connectivity index (χ4v) is 5.37. The number of carbonyl (C=O) groups excluding carboxylic acids is 2. The standard InChI is InChI=1S/C22H30N2O3/c1-23-20(25)14-17-15-22(19-5-3-2-4-18(17)19)8-10-24(11-9-22)21(26)16-6-12-27-13-7-16/h2-5,16-17H,6-15H2,1H3,(H,23,25). The Hall–Kier alpha value is -1.88. The molecule has 4 rings (SSSR count). The molecule has 3 aliphatic rings. The lowest BCUT2D eigenvalue weighted by Gasteiger charge is -2.41. The summed E-state index contributed by atoms with van der Waals surface area (Å²) in [5.74, 6) is 0.865. The van der Waals surface area contributed by atoms with Crippen LogP contribution >= 0.6 is 0 Å². The summed E-state index contributed by atoms with van der Waals surface area (Å²) in [6.45, 7) is 3.08. The lowest BCUT2D eigenvalue weighted by molar-refractivity contribution is -0.140. The second-order valence-electron chi connectivity index (χ2n) is 8.36. The van der Waals surface area contributed by atoms with Crippen molar-refractivity contribution in [2.24, 2.45) is 5.92 Å². The Morgan fingerprint density at radius 1 is 1.19 bits per heavy atom. The summed E-state index contributed by atoms with van der Waals surface area (Å²) in [6, 6.07) is 8.63. The van der Waals surface area contributed by atoms with Crippen molar-refractivity contribution in [1.29, 1.82) is 0 Å². The highest BCUT2D eigenvalue weighted by Gasteiger charge is 2.46. The van der Waals surface area contributed by atoms with E-state index in [9.17, 15) is 9.59 Å². The maximum Gasteiger partial charge on any atom is 0.225 e. The van der Waals surface area contributed by atoms with Gasteiger partial charge < -0.3 is 15.0 Å². The van der Waals surface area contributed by atoms with Crippen LogP contribution in [0.1, 0.15) is 55.6 Å². The van der Waals surface area contributed by atoms with Crippen molar-refractivity contribution in [1.82, 2.24) is 10.2 Å². The van der Waals surface area contributed by atoms with Gasteiger partial charge in [0.2, 0.25) is 11.8 Å². The third-order valence-corrected chi connectivity index (χ3v) is 6.92. The lowest BCUT2D eigenvalue weighted by Crippen LogP contribution is -2.47. The molecule has 5 heteroatoms. The van der Waals surface area contributed by atoms with Gasteiger partial charge in [-0.3, -0.25) is 9.59 Å². The van der Waals surface area contributed by atoms with Crippen molar-refractivity contribution in [3.63, 3.8) is 0 Å². The first-order valence-corrected chi connectivity index (χ1v) is 10.3. The molecule has 1 aromatic rings. The molecule has 2 fully saturated rings. The normalized spacial score (nSPS) is 24.6. The van der Waals surface area contributed by atoms with Crippen molar-refractivity contribution >= 4 is 11.8 Å². The lowest BCUT2D eigenvalue weighted by atomic mass is 9.73. The second-order valence-corrected chi connectivity index (χ2v) is 8.36. The SMILES string of the molecule is CNC(=O)CC1CC2(CCN(C(=O)C3CCOCC3)CC2)c2ccccc21. The maximum atomic E-state index is 12.9. The number of carbonyl (C=O) groups is 2. The summed E-state index contributed by atoms with van der Waals surface area (Å²) in [4.78, 5) is 26.9. The molecule has 1 unspecified atom stereocenters. The first-order valence-electron chi connectivity index (χ1n) is 10.3. The van der Waals surface area contributed by atoms with Gasteiger partial charge in [-0.05, 0) is 54.6 Å². The average Bonchev–Trinajstić information content (AvgIpc) is 3.02. The Bertz CT molecular complexity index is 703. The van der Waals surface area contributed by atoms with E-state index < -0.39 is 0 Å². The minimum atomic E-state index is 0.110. The van der Waals surface area contributed by atoms with Gasteiger partial charge in [0.1, 0.15) is 0 Å². The first kappa shape index (κ1) is 18.5. The third-order valence-electron chi connectivity index (χ3n) is 6.92. The number of hydrogen-bond acceptors (Lipinski definition) is 3. The summed E-state index contributed by atoms with van der Waals surface area (Å²) < 4.78 is 5.40. The summed E-state index contributed by atoms with van der Waals surface area (Å²) in [7, 11) is 1.71. The zero-order valence-electron chi connectivity index (χ0n) is 16.2. The van der Waals surface area contributed by atoms with Crippen LogP contribution in [0.15, 0.2) is 24.3 Å². The van der Waals surface area contributed by atoms with Crippen LogP contribution in [0.2, 0.25) is 0 Å². The highest BCUT2D eigenvalue weighted by molar-refractivity contribution is 5.79. The maximum absolute atomic E-state index is 12.9. The number of piperidine rings is 1. The average molecular weight is 370 g/mol. The molecule has 5 nitrogen and oxygen atoms in total. The van der Waals surface area contributed by atoms with E-state index in [0.29, 0.717) is 31.5 Å². The second kappa shape index (κ2) is 7.63. The highest BCUT2D eigenvalue weighted by Crippen LogP contribution is 2.52. The number of nitrogens with zero attached hydrogens (tertiary/aromatic N) is 1. The largest absolute Gasteiger partial charge is 0.381 e. The van der Waals surface area contributed by atoms with Crippen LogP contribution < -0.4 is 5.32 Å². The minimum absolute atomic E-state index is 0.110. The van der Waals surface area contributed by atoms with Gasteiger partial charge in [-0.1, -0.05) is 24.3 Å². The van der Waals surface area contributed by atoms with Gasteiger partial charge in [0.15, 0.2) is 0 Å². The molecule has 2 heterocycles. The van der Waals surface area contributed by atoms with E-state index in [1.54, 1.807) is 7.05 Å². The minimum Gasteiger partial charge on any atom is -0.381 e. The fraction of sp³-hybridized carbons (Fsp3) is 0.636. The number of ether oxygens (including phenoxy) is 1. The zero-order chi connectivity index (χ0) is 18.9. The predicted octanol–water partition coefficient (Wildman–Crippen LogP) is 2.60. The van der Waals surface area contributed by atoms with Gasteiger partial charge in [0.25, 0.3) is 0 Å². The van der Waals surface area contributed by atoms with Crippen LogP contribution in [0.3, 0.4) is 0 Å². The molecule has 2 amide bonds. The van der Waals surface area contributed by atoms with Gasteiger partial charge in [-0.2, -0.15) is 0 Å². The van der Waals surface area contributed by atoms with Crippen LogP contribution in [0, 0.1) is 5.92 Å². The quantitative estimate of drug-likeness (QED) is 0.890. The van der Waals surface area contributed by atoms with E-state index in [1.807, 2.05) is 0 Å². The van der Waals surface area contributed by atoms with Gasteiger partial charge in [-0.15, -0.1) is 0 Å². The molecule has 1 atom stereocenters. The van der Waals surface area contributed by atoms with Crippen molar-refractivity contribution in [3.05, 3.63) is 35.4 Å². The summed E-state index contributed by atoms with van der Waals surface area (Å²) in [6.07, 6.45) is 5.31. The molecule has 27 heavy (non-hydrogen) atoms. The molecule has 0 aromatic heterocycles. The molecule has 2 saturated heterocycles. The molecule has 0 bridgehead atoms. The van der Waals surface area contributed by atoms with Crippen LogP contribution in [0.4, 0.5) is 0 Å². The van der Waals surface area contributed by atoms with Crippen molar-refractivity contribution in [2.75, 3.05) is 33.4 Å². The number of rotatable bonds is 3. The van der Waals surface area contributed by atoms with E-state index >= 15 is 0 Å². The van der Waals surface area contributed by atoms with Crippen molar-refractivity contribution in [2.45, 2.75) is 49.9 Å². The summed E-state index contributed by atoms with van der Waals surface area (Å²) in [5.41, 5.74) is 2.88. The number of amides is 2. The van der Waals surface area contributed by atoms with Gasteiger partial charge in [-0.25, -0.2) is 0 Å². The summed E-state index contributed by atoms with van der Waals surface area (Å²) in [5, 5.41) is 2.77. The molecule has 1 spiro atoms. The number of nitrogens with one attached hydrogen (secondary N) is 1. The van der Waals surface area contributed by atoms with E-state index in [4.69, 9.17) is 4.74 Å². The molecular formula is C22H30N2O3. The van der Waals surface area contributed by atoms with Crippen LogP contribution in [-0.2, 0) is 19.7 Å². The molecule has 1 aliphatic carbocycles. The molecule has 2 aliphatic heterocycles. The number of hydrogen-bond donors (Lipinski definition) is 1. The smallest absolute Gasteiger partial charge is 0.225 e. The van der Waals surface area contributed by atoms with Crippen LogP contribution in [-0.4, -0.2) is 50.1 Å². The van der Waals surface area contributed by atoms with Crippen LogP contribution in [0.5, 0.6) is 0 Å².